The number of rotatable bonds is 8. The molecule has 0 saturated heterocycles. The van der Waals surface area contributed by atoms with Gasteiger partial charge in [0.2, 0.25) is 0 Å². The van der Waals surface area contributed by atoms with Gasteiger partial charge in [0.1, 0.15) is 12.4 Å². The SMILES string of the molecule is NC(=O)N(O)CCOc1ccc2c(c1)CCN(CCCC1CCCCC1)C2=O. The molecule has 3 rings (SSSR count). The second kappa shape index (κ2) is 9.78. The quantitative estimate of drug-likeness (QED) is 0.527. The third-order valence-corrected chi connectivity index (χ3v) is 5.84. The van der Waals surface area contributed by atoms with Crippen molar-refractivity contribution >= 4 is 11.9 Å². The number of urea groups is 1. The molecule has 1 fully saturated rings. The minimum Gasteiger partial charge on any atom is -0.492 e. The highest BCUT2D eigenvalue weighted by Gasteiger charge is 2.24. The van der Waals surface area contributed by atoms with Gasteiger partial charge in [-0.3, -0.25) is 10.0 Å². The third-order valence-electron chi connectivity index (χ3n) is 5.84. The van der Waals surface area contributed by atoms with Crippen LogP contribution in [0.5, 0.6) is 5.75 Å². The molecule has 7 nitrogen and oxygen atoms in total. The molecule has 1 aliphatic heterocycles. The van der Waals surface area contributed by atoms with Crippen LogP contribution in [0.2, 0.25) is 0 Å². The number of fused-ring (bicyclic) bond motifs is 1. The van der Waals surface area contributed by atoms with Crippen molar-refractivity contribution in [1.29, 1.82) is 0 Å². The Morgan fingerprint density at radius 2 is 2.07 bits per heavy atom. The lowest BCUT2D eigenvalue weighted by Crippen LogP contribution is -2.38. The van der Waals surface area contributed by atoms with Crippen LogP contribution in [0.15, 0.2) is 18.2 Å². The van der Waals surface area contributed by atoms with E-state index in [1.54, 1.807) is 6.07 Å². The average molecular weight is 389 g/mol. The van der Waals surface area contributed by atoms with Gasteiger partial charge in [-0.25, -0.2) is 9.86 Å². The van der Waals surface area contributed by atoms with Gasteiger partial charge >= 0.3 is 6.03 Å². The number of carbonyl (C=O) groups excluding carboxylic acids is 2. The van der Waals surface area contributed by atoms with E-state index in [1.807, 2.05) is 17.0 Å². The van der Waals surface area contributed by atoms with Gasteiger partial charge in [0.15, 0.2) is 0 Å². The van der Waals surface area contributed by atoms with Gasteiger partial charge in [0, 0.05) is 18.7 Å². The van der Waals surface area contributed by atoms with Crippen LogP contribution in [0.25, 0.3) is 0 Å². The number of benzene rings is 1. The van der Waals surface area contributed by atoms with Crippen molar-refractivity contribution in [2.24, 2.45) is 11.7 Å². The van der Waals surface area contributed by atoms with E-state index in [0.29, 0.717) is 10.8 Å². The van der Waals surface area contributed by atoms with E-state index in [1.165, 1.54) is 38.5 Å². The number of ether oxygens (including phenoxy) is 1. The Kier molecular flexibility index (Phi) is 7.14. The van der Waals surface area contributed by atoms with Crippen molar-refractivity contribution in [2.75, 3.05) is 26.2 Å². The number of amides is 3. The van der Waals surface area contributed by atoms with E-state index in [4.69, 9.17) is 10.5 Å². The van der Waals surface area contributed by atoms with Gasteiger partial charge in [0.05, 0.1) is 6.54 Å². The highest BCUT2D eigenvalue weighted by atomic mass is 16.5. The summed E-state index contributed by atoms with van der Waals surface area (Å²) in [7, 11) is 0. The molecule has 0 aromatic heterocycles. The van der Waals surface area contributed by atoms with Gasteiger partial charge in [-0.2, -0.15) is 0 Å². The molecule has 1 saturated carbocycles. The molecule has 0 unspecified atom stereocenters. The lowest BCUT2D eigenvalue weighted by atomic mass is 9.86. The summed E-state index contributed by atoms with van der Waals surface area (Å²) in [6, 6.07) is 4.53. The minimum absolute atomic E-state index is 0.0138. The average Bonchev–Trinajstić information content (AvgIpc) is 2.70. The molecule has 2 aliphatic rings. The van der Waals surface area contributed by atoms with Gasteiger partial charge in [-0.05, 0) is 48.9 Å². The Morgan fingerprint density at radius 3 is 2.82 bits per heavy atom. The van der Waals surface area contributed by atoms with Crippen LogP contribution < -0.4 is 10.5 Å². The standard InChI is InChI=1S/C21H31N3O4/c22-21(26)24(27)13-14-28-18-8-9-19-17(15-18)10-12-23(20(19)25)11-4-7-16-5-2-1-3-6-16/h8-9,15-16,27H,1-7,10-14H2,(H2,22,26). The number of carbonyl (C=O) groups is 2. The predicted molar refractivity (Wildman–Crippen MR) is 105 cm³/mol. The van der Waals surface area contributed by atoms with Crippen LogP contribution in [0.3, 0.4) is 0 Å². The molecule has 1 aromatic carbocycles. The molecule has 3 amide bonds. The van der Waals surface area contributed by atoms with Crippen LogP contribution in [0.1, 0.15) is 60.9 Å². The van der Waals surface area contributed by atoms with Gasteiger partial charge in [-0.1, -0.05) is 32.1 Å². The molecule has 7 heteroatoms. The normalized spacial score (nSPS) is 17.3. The first kappa shape index (κ1) is 20.5. The van der Waals surface area contributed by atoms with Crippen LogP contribution >= 0.6 is 0 Å². The van der Waals surface area contributed by atoms with Crippen molar-refractivity contribution in [3.05, 3.63) is 29.3 Å². The summed E-state index contributed by atoms with van der Waals surface area (Å²) in [5.41, 5.74) is 6.69. The molecule has 0 radical (unpaired) electrons. The number of hydrogen-bond acceptors (Lipinski definition) is 4. The molecule has 28 heavy (non-hydrogen) atoms. The Morgan fingerprint density at radius 1 is 1.29 bits per heavy atom. The number of hydroxylamine groups is 2. The Hall–Kier alpha value is -2.28. The summed E-state index contributed by atoms with van der Waals surface area (Å²) in [6.07, 6.45) is 9.96. The molecular formula is C21H31N3O4. The largest absolute Gasteiger partial charge is 0.492 e. The van der Waals surface area contributed by atoms with Crippen LogP contribution in [0, 0.1) is 5.92 Å². The summed E-state index contributed by atoms with van der Waals surface area (Å²) < 4.78 is 5.55. The molecule has 3 N–H and O–H groups in total. The summed E-state index contributed by atoms with van der Waals surface area (Å²) >= 11 is 0. The first-order valence-electron chi connectivity index (χ1n) is 10.4. The molecule has 1 aliphatic carbocycles. The molecule has 0 spiro atoms. The second-order valence-electron chi connectivity index (χ2n) is 7.82. The number of nitrogens with two attached hydrogens (primary N) is 1. The minimum atomic E-state index is -0.914. The number of nitrogens with zero attached hydrogens (tertiary/aromatic N) is 2. The van der Waals surface area contributed by atoms with Crippen molar-refractivity contribution in [3.8, 4) is 5.75 Å². The zero-order valence-corrected chi connectivity index (χ0v) is 16.4. The van der Waals surface area contributed by atoms with Crippen molar-refractivity contribution < 1.29 is 19.5 Å². The zero-order chi connectivity index (χ0) is 19.9. The van der Waals surface area contributed by atoms with Crippen LogP contribution in [-0.4, -0.2) is 53.3 Å². The van der Waals surface area contributed by atoms with E-state index in [9.17, 15) is 14.8 Å². The van der Waals surface area contributed by atoms with E-state index in [0.717, 1.165) is 43.0 Å². The zero-order valence-electron chi connectivity index (χ0n) is 16.4. The third kappa shape index (κ3) is 5.38. The van der Waals surface area contributed by atoms with Crippen molar-refractivity contribution in [3.63, 3.8) is 0 Å². The summed E-state index contributed by atoms with van der Waals surface area (Å²) in [5.74, 6) is 1.58. The first-order valence-corrected chi connectivity index (χ1v) is 10.4. The van der Waals surface area contributed by atoms with E-state index in [2.05, 4.69) is 0 Å². The fourth-order valence-electron chi connectivity index (χ4n) is 4.22. The van der Waals surface area contributed by atoms with Gasteiger partial charge in [-0.15, -0.1) is 0 Å². The Balaban J connectivity index is 1.48. The first-order chi connectivity index (χ1) is 13.5. The highest BCUT2D eigenvalue weighted by molar-refractivity contribution is 5.96. The molecule has 0 bridgehead atoms. The fourth-order valence-corrected chi connectivity index (χ4v) is 4.22. The molecule has 154 valence electrons. The van der Waals surface area contributed by atoms with Crippen molar-refractivity contribution in [2.45, 2.75) is 51.4 Å². The maximum Gasteiger partial charge on any atom is 0.338 e. The Labute approximate surface area is 166 Å². The summed E-state index contributed by atoms with van der Waals surface area (Å²) in [4.78, 5) is 25.5. The fraction of sp³-hybridized carbons (Fsp3) is 0.619. The van der Waals surface area contributed by atoms with Gasteiger partial charge in [0.25, 0.3) is 5.91 Å². The number of hydrogen-bond donors (Lipinski definition) is 2. The van der Waals surface area contributed by atoms with Crippen LogP contribution in [-0.2, 0) is 6.42 Å². The molecule has 1 heterocycles. The predicted octanol–water partition coefficient (Wildman–Crippen LogP) is 3.19. The van der Waals surface area contributed by atoms with E-state index < -0.39 is 6.03 Å². The maximum atomic E-state index is 12.8. The maximum absolute atomic E-state index is 12.8. The molecule has 0 atom stereocenters. The van der Waals surface area contributed by atoms with E-state index in [-0.39, 0.29) is 19.1 Å². The van der Waals surface area contributed by atoms with Gasteiger partial charge < -0.3 is 15.4 Å². The Bertz CT molecular complexity index is 688. The second-order valence-corrected chi connectivity index (χ2v) is 7.82. The monoisotopic (exact) mass is 389 g/mol. The lowest BCUT2D eigenvalue weighted by molar-refractivity contribution is -0.0464. The topological polar surface area (TPSA) is 96.1 Å². The highest BCUT2D eigenvalue weighted by Crippen LogP contribution is 2.28. The van der Waals surface area contributed by atoms with E-state index >= 15 is 0 Å². The summed E-state index contributed by atoms with van der Waals surface area (Å²) in [6.45, 7) is 1.69. The summed E-state index contributed by atoms with van der Waals surface area (Å²) in [5, 5.41) is 9.65. The lowest BCUT2D eigenvalue weighted by Gasteiger charge is -2.30. The molecule has 1 aromatic rings. The smallest absolute Gasteiger partial charge is 0.338 e. The van der Waals surface area contributed by atoms with Crippen LogP contribution in [0.4, 0.5) is 4.79 Å². The number of primary amides is 1. The van der Waals surface area contributed by atoms with Crippen molar-refractivity contribution in [1.82, 2.24) is 9.96 Å². The molecular weight excluding hydrogens is 358 g/mol.